The van der Waals surface area contributed by atoms with Crippen molar-refractivity contribution in [2.24, 2.45) is 5.41 Å². The molecule has 0 aliphatic carbocycles. The molecule has 0 aromatic heterocycles. The summed E-state index contributed by atoms with van der Waals surface area (Å²) in [7, 11) is 1.69. The number of rotatable bonds is 6. The normalized spacial score (nSPS) is 16.7. The molecule has 2 N–H and O–H groups in total. The van der Waals surface area contributed by atoms with Gasteiger partial charge < -0.3 is 15.2 Å². The SMILES string of the molecule is COCC(CCO)NC(C)C(C)(C)C. The molecular weight excluding hydrogens is 178 g/mol. The van der Waals surface area contributed by atoms with Gasteiger partial charge in [-0.25, -0.2) is 0 Å². The fourth-order valence-corrected chi connectivity index (χ4v) is 1.18. The van der Waals surface area contributed by atoms with Crippen molar-refractivity contribution < 1.29 is 9.84 Å². The molecule has 2 atom stereocenters. The molecule has 0 aliphatic heterocycles. The molecule has 0 bridgehead atoms. The smallest absolute Gasteiger partial charge is 0.0616 e. The van der Waals surface area contributed by atoms with Crippen molar-refractivity contribution in [3.8, 4) is 0 Å². The van der Waals surface area contributed by atoms with Crippen molar-refractivity contribution in [1.82, 2.24) is 5.32 Å². The molecule has 86 valence electrons. The van der Waals surface area contributed by atoms with Crippen LogP contribution in [0.4, 0.5) is 0 Å². The fourth-order valence-electron chi connectivity index (χ4n) is 1.18. The lowest BCUT2D eigenvalue weighted by Gasteiger charge is -2.32. The van der Waals surface area contributed by atoms with E-state index in [9.17, 15) is 0 Å². The summed E-state index contributed by atoms with van der Waals surface area (Å²) in [6, 6.07) is 0.661. The second-order valence-electron chi connectivity index (χ2n) is 4.92. The third-order valence-electron chi connectivity index (χ3n) is 2.63. The summed E-state index contributed by atoms with van der Waals surface area (Å²) in [5.74, 6) is 0. The molecule has 0 aromatic carbocycles. The monoisotopic (exact) mass is 203 g/mol. The van der Waals surface area contributed by atoms with Gasteiger partial charge in [-0.3, -0.25) is 0 Å². The van der Waals surface area contributed by atoms with E-state index in [1.54, 1.807) is 7.11 Å². The van der Waals surface area contributed by atoms with Crippen molar-refractivity contribution in [1.29, 1.82) is 0 Å². The fraction of sp³-hybridized carbons (Fsp3) is 1.00. The number of methoxy groups -OCH3 is 1. The summed E-state index contributed by atoms with van der Waals surface area (Å²) in [5.41, 5.74) is 0.238. The zero-order valence-electron chi connectivity index (χ0n) is 10.1. The number of hydrogen-bond donors (Lipinski definition) is 2. The van der Waals surface area contributed by atoms with Crippen LogP contribution in [0.15, 0.2) is 0 Å². The molecule has 14 heavy (non-hydrogen) atoms. The van der Waals surface area contributed by atoms with Crippen molar-refractivity contribution >= 4 is 0 Å². The molecule has 0 spiro atoms. The molecule has 0 amide bonds. The standard InChI is InChI=1S/C11H25NO2/c1-9(11(2,3)4)12-10(6-7-13)8-14-5/h9-10,12-13H,6-8H2,1-5H3. The van der Waals surface area contributed by atoms with Crippen molar-refractivity contribution in [2.75, 3.05) is 20.3 Å². The number of ether oxygens (including phenoxy) is 1. The van der Waals surface area contributed by atoms with Crippen LogP contribution in [0.2, 0.25) is 0 Å². The van der Waals surface area contributed by atoms with Crippen LogP contribution >= 0.6 is 0 Å². The summed E-state index contributed by atoms with van der Waals surface area (Å²) >= 11 is 0. The minimum atomic E-state index is 0.206. The van der Waals surface area contributed by atoms with Crippen molar-refractivity contribution in [3.05, 3.63) is 0 Å². The van der Waals surface area contributed by atoms with Crippen LogP contribution in [-0.2, 0) is 4.74 Å². The highest BCUT2D eigenvalue weighted by Crippen LogP contribution is 2.19. The van der Waals surface area contributed by atoms with Crippen LogP contribution in [-0.4, -0.2) is 37.5 Å². The molecular formula is C11H25NO2. The van der Waals surface area contributed by atoms with E-state index in [1.165, 1.54) is 0 Å². The van der Waals surface area contributed by atoms with Gasteiger partial charge in [0.05, 0.1) is 6.61 Å². The molecule has 0 fully saturated rings. The first kappa shape index (κ1) is 13.9. The maximum absolute atomic E-state index is 8.88. The van der Waals surface area contributed by atoms with E-state index in [-0.39, 0.29) is 18.1 Å². The molecule has 0 aromatic rings. The Balaban J connectivity index is 4.01. The van der Waals surface area contributed by atoms with Crippen LogP contribution in [0.3, 0.4) is 0 Å². The Kier molecular flexibility index (Phi) is 6.33. The predicted molar refractivity (Wildman–Crippen MR) is 59.4 cm³/mol. The first-order chi connectivity index (χ1) is 6.41. The molecule has 0 radical (unpaired) electrons. The summed E-state index contributed by atoms with van der Waals surface area (Å²) in [5, 5.41) is 12.4. The second-order valence-corrected chi connectivity index (χ2v) is 4.92. The number of aliphatic hydroxyl groups excluding tert-OH is 1. The van der Waals surface area contributed by atoms with E-state index >= 15 is 0 Å². The minimum absolute atomic E-state index is 0.206. The zero-order chi connectivity index (χ0) is 11.2. The van der Waals surface area contributed by atoms with Crippen LogP contribution in [0.1, 0.15) is 34.1 Å². The van der Waals surface area contributed by atoms with Crippen molar-refractivity contribution in [2.45, 2.75) is 46.2 Å². The maximum atomic E-state index is 8.88. The van der Waals surface area contributed by atoms with E-state index in [4.69, 9.17) is 9.84 Å². The Morgan fingerprint density at radius 2 is 1.93 bits per heavy atom. The Morgan fingerprint density at radius 1 is 1.36 bits per heavy atom. The van der Waals surface area contributed by atoms with Gasteiger partial charge in [0.1, 0.15) is 0 Å². The van der Waals surface area contributed by atoms with E-state index in [1.807, 2.05) is 0 Å². The molecule has 3 nitrogen and oxygen atoms in total. The van der Waals surface area contributed by atoms with Gasteiger partial charge in [-0.2, -0.15) is 0 Å². The van der Waals surface area contributed by atoms with E-state index in [2.05, 4.69) is 33.0 Å². The lowest BCUT2D eigenvalue weighted by atomic mass is 9.87. The van der Waals surface area contributed by atoms with Gasteiger partial charge in [-0.15, -0.1) is 0 Å². The highest BCUT2D eigenvalue weighted by molar-refractivity contribution is 4.80. The van der Waals surface area contributed by atoms with Crippen molar-refractivity contribution in [3.63, 3.8) is 0 Å². The first-order valence-corrected chi connectivity index (χ1v) is 5.27. The largest absolute Gasteiger partial charge is 0.396 e. The lowest BCUT2D eigenvalue weighted by Crippen LogP contribution is -2.46. The lowest BCUT2D eigenvalue weighted by molar-refractivity contribution is 0.130. The van der Waals surface area contributed by atoms with Crippen LogP contribution in [0.25, 0.3) is 0 Å². The van der Waals surface area contributed by atoms with Gasteiger partial charge in [-0.05, 0) is 18.8 Å². The summed E-state index contributed by atoms with van der Waals surface area (Å²) in [6.07, 6.45) is 0.744. The Bertz CT molecular complexity index is 137. The molecule has 0 saturated carbocycles. The van der Waals surface area contributed by atoms with Gasteiger partial charge in [0.25, 0.3) is 0 Å². The van der Waals surface area contributed by atoms with Crippen LogP contribution < -0.4 is 5.32 Å². The van der Waals surface area contributed by atoms with E-state index in [0.717, 1.165) is 6.42 Å². The minimum Gasteiger partial charge on any atom is -0.396 e. The molecule has 0 heterocycles. The first-order valence-electron chi connectivity index (χ1n) is 5.27. The third kappa shape index (κ3) is 5.58. The molecule has 0 rings (SSSR count). The average molecular weight is 203 g/mol. The molecule has 0 aliphatic rings. The second kappa shape index (κ2) is 6.38. The Labute approximate surface area is 87.8 Å². The van der Waals surface area contributed by atoms with E-state index < -0.39 is 0 Å². The Morgan fingerprint density at radius 3 is 2.29 bits per heavy atom. The van der Waals surface area contributed by atoms with Gasteiger partial charge in [0, 0.05) is 25.8 Å². The van der Waals surface area contributed by atoms with Gasteiger partial charge in [-0.1, -0.05) is 20.8 Å². The third-order valence-corrected chi connectivity index (χ3v) is 2.63. The summed E-state index contributed by atoms with van der Waals surface area (Å²) in [6.45, 7) is 9.63. The van der Waals surface area contributed by atoms with Gasteiger partial charge >= 0.3 is 0 Å². The summed E-state index contributed by atoms with van der Waals surface area (Å²) in [4.78, 5) is 0. The Hall–Kier alpha value is -0.120. The highest BCUT2D eigenvalue weighted by atomic mass is 16.5. The molecule has 3 heteroatoms. The highest BCUT2D eigenvalue weighted by Gasteiger charge is 2.22. The van der Waals surface area contributed by atoms with Crippen LogP contribution in [0.5, 0.6) is 0 Å². The number of aliphatic hydroxyl groups is 1. The average Bonchev–Trinajstić information content (AvgIpc) is 2.03. The number of nitrogens with one attached hydrogen (secondary N) is 1. The van der Waals surface area contributed by atoms with Gasteiger partial charge in [0.2, 0.25) is 0 Å². The molecule has 0 saturated heterocycles. The predicted octanol–water partition coefficient (Wildman–Crippen LogP) is 1.41. The number of hydrogen-bond acceptors (Lipinski definition) is 3. The van der Waals surface area contributed by atoms with Crippen LogP contribution in [0, 0.1) is 5.41 Å². The van der Waals surface area contributed by atoms with E-state index in [0.29, 0.717) is 12.6 Å². The summed E-state index contributed by atoms with van der Waals surface area (Å²) < 4.78 is 5.10. The van der Waals surface area contributed by atoms with Gasteiger partial charge in [0.15, 0.2) is 0 Å². The topological polar surface area (TPSA) is 41.5 Å². The molecule has 2 unspecified atom stereocenters. The quantitative estimate of drug-likeness (QED) is 0.686. The maximum Gasteiger partial charge on any atom is 0.0616 e. The zero-order valence-corrected chi connectivity index (χ0v) is 10.1.